The van der Waals surface area contributed by atoms with E-state index in [0.29, 0.717) is 13.1 Å². The number of carbonyl (C=O) groups is 1. The number of carbonyl (C=O) groups excluding carboxylic acids is 1. The third kappa shape index (κ3) is 3.80. The molecule has 1 rings (SSSR count). The lowest BCUT2D eigenvalue weighted by atomic mass is 9.82. The van der Waals surface area contributed by atoms with Gasteiger partial charge < -0.3 is 16.8 Å². The minimum Gasteiger partial charge on any atom is -0.355 e. The van der Waals surface area contributed by atoms with Crippen molar-refractivity contribution in [3.8, 4) is 0 Å². The Morgan fingerprint density at radius 1 is 1.20 bits per heavy atom. The average Bonchev–Trinajstić information content (AvgIpc) is 2.25. The van der Waals surface area contributed by atoms with E-state index in [2.05, 4.69) is 5.32 Å². The highest BCUT2D eigenvalue weighted by molar-refractivity contribution is 5.86. The van der Waals surface area contributed by atoms with Crippen LogP contribution in [0.2, 0.25) is 0 Å². The van der Waals surface area contributed by atoms with Gasteiger partial charge in [-0.25, -0.2) is 0 Å². The highest BCUT2D eigenvalue weighted by atomic mass is 16.2. The molecule has 88 valence electrons. The monoisotopic (exact) mass is 213 g/mol. The number of hydrogen-bond acceptors (Lipinski definition) is 3. The second-order valence-electron chi connectivity index (χ2n) is 4.47. The molecule has 0 radical (unpaired) electrons. The molecule has 0 saturated heterocycles. The lowest BCUT2D eigenvalue weighted by Crippen LogP contribution is -2.55. The average molecular weight is 213 g/mol. The minimum atomic E-state index is -0.596. The minimum absolute atomic E-state index is 0.0271. The van der Waals surface area contributed by atoms with Gasteiger partial charge in [-0.1, -0.05) is 19.3 Å². The molecule has 0 unspecified atom stereocenters. The van der Waals surface area contributed by atoms with Crippen LogP contribution < -0.4 is 16.8 Å². The number of rotatable bonds is 5. The Morgan fingerprint density at radius 2 is 1.87 bits per heavy atom. The lowest BCUT2D eigenvalue weighted by Gasteiger charge is -2.31. The SMILES string of the molecule is NCCCCNC(=O)C1(N)CCCCC1. The van der Waals surface area contributed by atoms with E-state index in [0.717, 1.165) is 38.5 Å². The number of nitrogens with one attached hydrogen (secondary N) is 1. The summed E-state index contributed by atoms with van der Waals surface area (Å²) in [5.74, 6) is 0.0271. The number of amides is 1. The number of hydrogen-bond donors (Lipinski definition) is 3. The molecule has 4 heteroatoms. The quantitative estimate of drug-likeness (QED) is 0.582. The maximum Gasteiger partial charge on any atom is 0.240 e. The highest BCUT2D eigenvalue weighted by Gasteiger charge is 2.34. The van der Waals surface area contributed by atoms with Gasteiger partial charge in [0, 0.05) is 6.54 Å². The van der Waals surface area contributed by atoms with Gasteiger partial charge in [-0.2, -0.15) is 0 Å². The van der Waals surface area contributed by atoms with E-state index < -0.39 is 5.54 Å². The summed E-state index contributed by atoms with van der Waals surface area (Å²) in [6.45, 7) is 1.39. The molecule has 0 heterocycles. The summed E-state index contributed by atoms with van der Waals surface area (Å²) >= 11 is 0. The first-order chi connectivity index (χ1) is 7.19. The molecule has 4 nitrogen and oxygen atoms in total. The second-order valence-corrected chi connectivity index (χ2v) is 4.47. The Balaban J connectivity index is 2.25. The molecule has 0 spiro atoms. The molecule has 0 atom stereocenters. The van der Waals surface area contributed by atoms with Crippen molar-refractivity contribution >= 4 is 5.91 Å². The fourth-order valence-electron chi connectivity index (χ4n) is 2.06. The smallest absolute Gasteiger partial charge is 0.240 e. The zero-order valence-electron chi connectivity index (χ0n) is 9.43. The molecule has 1 saturated carbocycles. The molecule has 1 fully saturated rings. The Hall–Kier alpha value is -0.610. The normalized spacial score (nSPS) is 19.9. The van der Waals surface area contributed by atoms with Gasteiger partial charge in [-0.15, -0.1) is 0 Å². The van der Waals surface area contributed by atoms with Gasteiger partial charge in [0.05, 0.1) is 5.54 Å². The molecule has 5 N–H and O–H groups in total. The van der Waals surface area contributed by atoms with E-state index in [-0.39, 0.29) is 5.91 Å². The predicted molar refractivity (Wildman–Crippen MR) is 61.3 cm³/mol. The third-order valence-electron chi connectivity index (χ3n) is 3.11. The first-order valence-electron chi connectivity index (χ1n) is 5.96. The van der Waals surface area contributed by atoms with E-state index >= 15 is 0 Å². The summed E-state index contributed by atoms with van der Waals surface area (Å²) in [5, 5.41) is 2.91. The Morgan fingerprint density at radius 3 is 2.47 bits per heavy atom. The summed E-state index contributed by atoms with van der Waals surface area (Å²) < 4.78 is 0. The van der Waals surface area contributed by atoms with Crippen LogP contribution in [0, 0.1) is 0 Å². The molecule has 15 heavy (non-hydrogen) atoms. The summed E-state index contributed by atoms with van der Waals surface area (Å²) in [7, 11) is 0. The summed E-state index contributed by atoms with van der Waals surface area (Å²) in [4.78, 5) is 11.8. The summed E-state index contributed by atoms with van der Waals surface area (Å²) in [6.07, 6.45) is 6.92. The molecular formula is C11H23N3O. The Kier molecular flexibility index (Phi) is 5.05. The summed E-state index contributed by atoms with van der Waals surface area (Å²) in [6, 6.07) is 0. The van der Waals surface area contributed by atoms with Crippen LogP contribution in [0.4, 0.5) is 0 Å². The lowest BCUT2D eigenvalue weighted by molar-refractivity contribution is -0.127. The molecule has 0 aromatic heterocycles. The highest BCUT2D eigenvalue weighted by Crippen LogP contribution is 2.25. The predicted octanol–water partition coefficient (Wildman–Crippen LogP) is 0.503. The molecule has 0 aromatic rings. The molecule has 0 aliphatic heterocycles. The molecule has 0 aromatic carbocycles. The van der Waals surface area contributed by atoms with Gasteiger partial charge in [-0.3, -0.25) is 4.79 Å². The van der Waals surface area contributed by atoms with Gasteiger partial charge in [0.15, 0.2) is 0 Å². The largest absolute Gasteiger partial charge is 0.355 e. The van der Waals surface area contributed by atoms with Crippen LogP contribution in [0.3, 0.4) is 0 Å². The van der Waals surface area contributed by atoms with Crippen molar-refractivity contribution in [3.05, 3.63) is 0 Å². The van der Waals surface area contributed by atoms with Crippen molar-refractivity contribution in [1.82, 2.24) is 5.32 Å². The van der Waals surface area contributed by atoms with E-state index in [4.69, 9.17) is 11.5 Å². The van der Waals surface area contributed by atoms with Crippen molar-refractivity contribution in [1.29, 1.82) is 0 Å². The van der Waals surface area contributed by atoms with E-state index in [1.54, 1.807) is 0 Å². The van der Waals surface area contributed by atoms with Gasteiger partial charge in [0.25, 0.3) is 0 Å². The molecule has 0 bridgehead atoms. The number of unbranched alkanes of at least 4 members (excludes halogenated alkanes) is 1. The van der Waals surface area contributed by atoms with Crippen LogP contribution in [-0.2, 0) is 4.79 Å². The first kappa shape index (κ1) is 12.5. The van der Waals surface area contributed by atoms with E-state index in [1.165, 1.54) is 6.42 Å². The van der Waals surface area contributed by atoms with Gasteiger partial charge in [0.2, 0.25) is 5.91 Å². The first-order valence-corrected chi connectivity index (χ1v) is 5.96. The fraction of sp³-hybridized carbons (Fsp3) is 0.909. The van der Waals surface area contributed by atoms with Gasteiger partial charge >= 0.3 is 0 Å². The van der Waals surface area contributed by atoms with Crippen LogP contribution in [0.5, 0.6) is 0 Å². The topological polar surface area (TPSA) is 81.1 Å². The van der Waals surface area contributed by atoms with Crippen molar-refractivity contribution < 1.29 is 4.79 Å². The zero-order valence-corrected chi connectivity index (χ0v) is 9.43. The molecule has 1 aliphatic rings. The van der Waals surface area contributed by atoms with Crippen LogP contribution in [0.15, 0.2) is 0 Å². The molecule has 1 amide bonds. The van der Waals surface area contributed by atoms with Crippen molar-refractivity contribution in [2.75, 3.05) is 13.1 Å². The van der Waals surface area contributed by atoms with Crippen LogP contribution in [-0.4, -0.2) is 24.5 Å². The van der Waals surface area contributed by atoms with Crippen molar-refractivity contribution in [3.63, 3.8) is 0 Å². The van der Waals surface area contributed by atoms with E-state index in [1.807, 2.05) is 0 Å². The van der Waals surface area contributed by atoms with Crippen molar-refractivity contribution in [2.45, 2.75) is 50.5 Å². The Bertz CT molecular complexity index is 200. The van der Waals surface area contributed by atoms with Crippen LogP contribution >= 0.6 is 0 Å². The second kappa shape index (κ2) is 6.08. The standard InChI is InChI=1S/C11H23N3O/c12-8-4-5-9-14-10(15)11(13)6-2-1-3-7-11/h1-9,12-13H2,(H,14,15). The van der Waals surface area contributed by atoms with Crippen molar-refractivity contribution in [2.24, 2.45) is 11.5 Å². The molecule has 1 aliphatic carbocycles. The zero-order chi connectivity index (χ0) is 11.1. The summed E-state index contributed by atoms with van der Waals surface area (Å²) in [5.41, 5.74) is 10.9. The van der Waals surface area contributed by atoms with Crippen LogP contribution in [0.25, 0.3) is 0 Å². The maximum atomic E-state index is 11.8. The maximum absolute atomic E-state index is 11.8. The molecular weight excluding hydrogens is 190 g/mol. The van der Waals surface area contributed by atoms with Crippen LogP contribution in [0.1, 0.15) is 44.9 Å². The van der Waals surface area contributed by atoms with E-state index in [9.17, 15) is 4.79 Å². The fourth-order valence-corrected chi connectivity index (χ4v) is 2.06. The van der Waals surface area contributed by atoms with Gasteiger partial charge in [0.1, 0.15) is 0 Å². The third-order valence-corrected chi connectivity index (χ3v) is 3.11. The Labute approximate surface area is 91.8 Å². The van der Waals surface area contributed by atoms with Gasteiger partial charge in [-0.05, 0) is 32.2 Å². The number of nitrogens with two attached hydrogens (primary N) is 2.